The van der Waals surface area contributed by atoms with Crippen LogP contribution in [0.1, 0.15) is 12.0 Å². The molecule has 1 unspecified atom stereocenters. The lowest BCUT2D eigenvalue weighted by Crippen LogP contribution is -2.36. The molecule has 0 spiro atoms. The van der Waals surface area contributed by atoms with Gasteiger partial charge in [-0.15, -0.1) is 0 Å². The van der Waals surface area contributed by atoms with Gasteiger partial charge < -0.3 is 9.80 Å². The number of anilines is 2. The van der Waals surface area contributed by atoms with Crippen molar-refractivity contribution in [2.24, 2.45) is 5.92 Å². The van der Waals surface area contributed by atoms with Crippen LogP contribution in [0, 0.1) is 5.92 Å². The molecule has 118 valence electrons. The Morgan fingerprint density at radius 3 is 2.87 bits per heavy atom. The van der Waals surface area contributed by atoms with Crippen LogP contribution in [0.5, 0.6) is 0 Å². The third-order valence-electron chi connectivity index (χ3n) is 4.73. The van der Waals surface area contributed by atoms with Crippen LogP contribution in [0.4, 0.5) is 11.5 Å². The molecular formula is C18H18ClN3O. The summed E-state index contributed by atoms with van der Waals surface area (Å²) in [5.74, 6) is 1.18. The Morgan fingerprint density at radius 2 is 2.04 bits per heavy atom. The van der Waals surface area contributed by atoms with Crippen molar-refractivity contribution in [2.75, 3.05) is 29.4 Å². The molecule has 1 aromatic carbocycles. The van der Waals surface area contributed by atoms with Crippen molar-refractivity contribution in [3.63, 3.8) is 0 Å². The number of hydrogen-bond acceptors (Lipinski definition) is 3. The fourth-order valence-electron chi connectivity index (χ4n) is 3.51. The number of pyridine rings is 1. The number of benzene rings is 1. The van der Waals surface area contributed by atoms with E-state index in [1.807, 2.05) is 35.2 Å². The lowest BCUT2D eigenvalue weighted by atomic mass is 10.1. The van der Waals surface area contributed by atoms with Crippen molar-refractivity contribution in [1.29, 1.82) is 0 Å². The first kappa shape index (κ1) is 14.5. The van der Waals surface area contributed by atoms with Crippen LogP contribution >= 0.6 is 11.6 Å². The molecule has 1 amide bonds. The van der Waals surface area contributed by atoms with Gasteiger partial charge in [-0.2, -0.15) is 0 Å². The van der Waals surface area contributed by atoms with Crippen LogP contribution in [-0.4, -0.2) is 30.5 Å². The van der Waals surface area contributed by atoms with E-state index in [1.165, 1.54) is 5.56 Å². The fourth-order valence-corrected chi connectivity index (χ4v) is 3.62. The Hall–Kier alpha value is -2.07. The second-order valence-corrected chi connectivity index (χ2v) is 6.57. The van der Waals surface area contributed by atoms with Gasteiger partial charge in [-0.1, -0.05) is 29.8 Å². The molecule has 4 nitrogen and oxygen atoms in total. The number of hydrogen-bond donors (Lipinski definition) is 0. The van der Waals surface area contributed by atoms with Crippen molar-refractivity contribution >= 4 is 29.0 Å². The van der Waals surface area contributed by atoms with Crippen molar-refractivity contribution in [1.82, 2.24) is 4.98 Å². The van der Waals surface area contributed by atoms with Crippen molar-refractivity contribution in [3.05, 3.63) is 53.2 Å². The smallest absolute Gasteiger partial charge is 0.231 e. The first-order valence-electron chi connectivity index (χ1n) is 7.98. The number of amides is 1. The van der Waals surface area contributed by atoms with Gasteiger partial charge in [0, 0.05) is 31.5 Å². The third-order valence-corrected chi connectivity index (χ3v) is 4.95. The van der Waals surface area contributed by atoms with E-state index in [0.717, 1.165) is 44.0 Å². The predicted octanol–water partition coefficient (Wildman–Crippen LogP) is 3.15. The second-order valence-electron chi connectivity index (χ2n) is 6.13. The van der Waals surface area contributed by atoms with Gasteiger partial charge in [-0.3, -0.25) is 4.79 Å². The van der Waals surface area contributed by atoms with Crippen LogP contribution in [-0.2, 0) is 11.2 Å². The zero-order chi connectivity index (χ0) is 15.8. The number of nitrogens with zero attached hydrogens (tertiary/aromatic N) is 3. The first-order valence-corrected chi connectivity index (χ1v) is 8.36. The molecule has 1 aromatic heterocycles. The SMILES string of the molecule is O=C(C1CCN(c2ccc(Cl)cn2)C1)N1CCc2ccccc21. The maximum absolute atomic E-state index is 12.9. The number of aromatic nitrogens is 1. The van der Waals surface area contributed by atoms with Gasteiger partial charge in [0.1, 0.15) is 5.82 Å². The van der Waals surface area contributed by atoms with Crippen LogP contribution in [0.15, 0.2) is 42.6 Å². The highest BCUT2D eigenvalue weighted by molar-refractivity contribution is 6.30. The molecule has 2 aromatic rings. The molecule has 1 atom stereocenters. The van der Waals surface area contributed by atoms with Crippen LogP contribution in [0.3, 0.4) is 0 Å². The summed E-state index contributed by atoms with van der Waals surface area (Å²) in [5, 5.41) is 0.634. The Kier molecular flexibility index (Phi) is 3.69. The summed E-state index contributed by atoms with van der Waals surface area (Å²) >= 11 is 5.89. The van der Waals surface area contributed by atoms with Gasteiger partial charge in [-0.25, -0.2) is 4.98 Å². The summed E-state index contributed by atoms with van der Waals surface area (Å²) in [6.45, 7) is 2.39. The van der Waals surface area contributed by atoms with Crippen LogP contribution in [0.2, 0.25) is 5.02 Å². The molecule has 2 aliphatic heterocycles. The summed E-state index contributed by atoms with van der Waals surface area (Å²) in [6.07, 6.45) is 3.49. The molecule has 1 fully saturated rings. The average Bonchev–Trinajstić information content (AvgIpc) is 3.22. The number of carbonyl (C=O) groups is 1. The van der Waals surface area contributed by atoms with Gasteiger partial charge in [0.2, 0.25) is 5.91 Å². The van der Waals surface area contributed by atoms with Gasteiger partial charge in [-0.05, 0) is 36.6 Å². The Labute approximate surface area is 140 Å². The normalized spacial score (nSPS) is 20.0. The third kappa shape index (κ3) is 2.68. The van der Waals surface area contributed by atoms with Crippen LogP contribution < -0.4 is 9.80 Å². The molecule has 0 saturated carbocycles. The zero-order valence-corrected chi connectivity index (χ0v) is 13.5. The van der Waals surface area contributed by atoms with Gasteiger partial charge in [0.15, 0.2) is 0 Å². The molecule has 2 aliphatic rings. The average molecular weight is 328 g/mol. The summed E-state index contributed by atoms with van der Waals surface area (Å²) in [4.78, 5) is 21.4. The Morgan fingerprint density at radius 1 is 1.17 bits per heavy atom. The maximum atomic E-state index is 12.9. The molecule has 23 heavy (non-hydrogen) atoms. The van der Waals surface area contributed by atoms with Crippen molar-refractivity contribution < 1.29 is 4.79 Å². The monoisotopic (exact) mass is 327 g/mol. The molecule has 0 bridgehead atoms. The van der Waals surface area contributed by atoms with Gasteiger partial charge >= 0.3 is 0 Å². The van der Waals surface area contributed by atoms with E-state index in [1.54, 1.807) is 6.20 Å². The Bertz CT molecular complexity index is 731. The summed E-state index contributed by atoms with van der Waals surface area (Å²) < 4.78 is 0. The standard InChI is InChI=1S/C18H18ClN3O/c19-15-5-6-17(20-11-15)21-9-7-14(12-21)18(23)22-10-8-13-3-1-2-4-16(13)22/h1-6,11,14H,7-10,12H2. The molecule has 4 rings (SSSR count). The van der Waals surface area contributed by atoms with E-state index < -0.39 is 0 Å². The van der Waals surface area contributed by atoms with E-state index in [4.69, 9.17) is 11.6 Å². The van der Waals surface area contributed by atoms with E-state index in [0.29, 0.717) is 5.02 Å². The van der Waals surface area contributed by atoms with Gasteiger partial charge in [0.05, 0.1) is 10.9 Å². The molecule has 0 radical (unpaired) electrons. The van der Waals surface area contributed by atoms with E-state index in [-0.39, 0.29) is 11.8 Å². The minimum absolute atomic E-state index is 0.0404. The number of carbonyl (C=O) groups excluding carboxylic acids is 1. The summed E-state index contributed by atoms with van der Waals surface area (Å²) in [5.41, 5.74) is 2.36. The minimum Gasteiger partial charge on any atom is -0.356 e. The number of rotatable bonds is 2. The number of para-hydroxylation sites is 1. The summed E-state index contributed by atoms with van der Waals surface area (Å²) in [6, 6.07) is 12.0. The van der Waals surface area contributed by atoms with Crippen molar-refractivity contribution in [2.45, 2.75) is 12.8 Å². The molecular weight excluding hydrogens is 310 g/mol. The Balaban J connectivity index is 1.48. The molecule has 3 heterocycles. The fraction of sp³-hybridized carbons (Fsp3) is 0.333. The minimum atomic E-state index is 0.0404. The highest BCUT2D eigenvalue weighted by atomic mass is 35.5. The van der Waals surface area contributed by atoms with E-state index >= 15 is 0 Å². The van der Waals surface area contributed by atoms with Crippen LogP contribution in [0.25, 0.3) is 0 Å². The maximum Gasteiger partial charge on any atom is 0.231 e. The highest BCUT2D eigenvalue weighted by Gasteiger charge is 2.34. The van der Waals surface area contributed by atoms with Crippen molar-refractivity contribution in [3.8, 4) is 0 Å². The van der Waals surface area contributed by atoms with E-state index in [2.05, 4.69) is 16.0 Å². The van der Waals surface area contributed by atoms with E-state index in [9.17, 15) is 4.79 Å². The number of halogens is 1. The quantitative estimate of drug-likeness (QED) is 0.850. The largest absolute Gasteiger partial charge is 0.356 e. The predicted molar refractivity (Wildman–Crippen MR) is 92.1 cm³/mol. The lowest BCUT2D eigenvalue weighted by molar-refractivity contribution is -0.121. The molecule has 5 heteroatoms. The summed E-state index contributed by atoms with van der Waals surface area (Å²) in [7, 11) is 0. The van der Waals surface area contributed by atoms with Gasteiger partial charge in [0.25, 0.3) is 0 Å². The number of fused-ring (bicyclic) bond motifs is 1. The lowest BCUT2D eigenvalue weighted by Gasteiger charge is -2.22. The topological polar surface area (TPSA) is 36.4 Å². The molecule has 0 N–H and O–H groups in total. The highest BCUT2D eigenvalue weighted by Crippen LogP contribution is 2.31. The zero-order valence-electron chi connectivity index (χ0n) is 12.8. The molecule has 1 saturated heterocycles. The molecule has 0 aliphatic carbocycles. The second kappa shape index (κ2) is 5.85. The first-order chi connectivity index (χ1) is 11.2.